The van der Waals surface area contributed by atoms with Crippen molar-refractivity contribution in [1.82, 2.24) is 14.8 Å². The molecule has 0 radical (unpaired) electrons. The molecule has 1 saturated carbocycles. The van der Waals surface area contributed by atoms with E-state index in [2.05, 4.69) is 73.0 Å². The van der Waals surface area contributed by atoms with Crippen molar-refractivity contribution >= 4 is 39.8 Å². The van der Waals surface area contributed by atoms with E-state index in [1.54, 1.807) is 4.68 Å². The maximum absolute atomic E-state index is 12.0. The molecule has 2 aromatic heterocycles. The molecule has 4 rings (SSSR count). The van der Waals surface area contributed by atoms with Crippen LogP contribution in [0, 0.1) is 22.8 Å². The Hall–Kier alpha value is -2.50. The summed E-state index contributed by atoms with van der Waals surface area (Å²) in [5, 5.41) is 28.4. The van der Waals surface area contributed by atoms with Crippen LogP contribution in [0.25, 0.3) is 0 Å². The highest BCUT2D eigenvalue weighted by atomic mass is 28.3. The molecule has 3 heterocycles. The number of nitrogens with zero attached hydrogens (tertiary/aromatic N) is 4. The molecule has 3 N–H and O–H groups in total. The second-order valence-corrected chi connectivity index (χ2v) is 24.1. The summed E-state index contributed by atoms with van der Waals surface area (Å²) >= 11 is 0. The van der Waals surface area contributed by atoms with Gasteiger partial charge >= 0.3 is 0 Å². The molecule has 2 fully saturated rings. The Morgan fingerprint density at radius 3 is 2.76 bits per heavy atom. The Kier molecular flexibility index (Phi) is 9.81. The quantitative estimate of drug-likeness (QED) is 0.145. The first kappa shape index (κ1) is 31.4. The number of ether oxygens (including phenoxy) is 2. The van der Waals surface area contributed by atoms with E-state index in [1.807, 2.05) is 18.3 Å². The molecule has 41 heavy (non-hydrogen) atoms. The minimum Gasteiger partial charge on any atom is -0.385 e. The predicted octanol–water partition coefficient (Wildman–Crippen LogP) is 5.43. The molecular formula is C30H48N6O3Si2. The highest BCUT2D eigenvalue weighted by molar-refractivity contribution is 6.83. The fraction of sp³-hybridized carbons (Fsp3) is 0.633. The summed E-state index contributed by atoms with van der Waals surface area (Å²) in [6.07, 6.45) is 5.16. The zero-order valence-electron chi connectivity index (χ0n) is 25.9. The normalized spacial score (nSPS) is 23.3. The van der Waals surface area contributed by atoms with E-state index in [9.17, 15) is 5.11 Å². The Morgan fingerprint density at radius 2 is 2.07 bits per heavy atom. The van der Waals surface area contributed by atoms with Gasteiger partial charge in [-0.1, -0.05) is 39.3 Å². The minimum atomic E-state index is -1.51. The average molecular weight is 597 g/mol. The van der Waals surface area contributed by atoms with Gasteiger partial charge in [-0.05, 0) is 43.9 Å². The first-order valence-electron chi connectivity index (χ1n) is 14.8. The molecule has 224 valence electrons. The first-order chi connectivity index (χ1) is 19.3. The van der Waals surface area contributed by atoms with E-state index in [-0.39, 0.29) is 12.0 Å². The van der Waals surface area contributed by atoms with Gasteiger partial charge in [-0.25, -0.2) is 9.67 Å². The largest absolute Gasteiger partial charge is 0.385 e. The molecule has 1 aliphatic heterocycles. The van der Waals surface area contributed by atoms with Gasteiger partial charge in [0.25, 0.3) is 0 Å². The van der Waals surface area contributed by atoms with Gasteiger partial charge < -0.3 is 30.2 Å². The van der Waals surface area contributed by atoms with Gasteiger partial charge in [-0.15, -0.1) is 11.5 Å². The van der Waals surface area contributed by atoms with Crippen LogP contribution in [0.2, 0.25) is 45.3 Å². The van der Waals surface area contributed by atoms with Crippen LogP contribution in [0.5, 0.6) is 0 Å². The maximum atomic E-state index is 12.0. The molecule has 0 amide bonds. The van der Waals surface area contributed by atoms with E-state index in [0.29, 0.717) is 56.5 Å². The summed E-state index contributed by atoms with van der Waals surface area (Å²) in [7, 11) is -2.66. The first-order valence-corrected chi connectivity index (χ1v) is 22.0. The molecule has 1 aliphatic carbocycles. The Labute approximate surface area is 247 Å². The lowest BCUT2D eigenvalue weighted by atomic mass is 9.88. The highest BCUT2D eigenvalue weighted by Crippen LogP contribution is 2.45. The summed E-state index contributed by atoms with van der Waals surface area (Å²) in [4.78, 5) is 7.19. The predicted molar refractivity (Wildman–Crippen MR) is 172 cm³/mol. The van der Waals surface area contributed by atoms with Crippen molar-refractivity contribution < 1.29 is 14.6 Å². The van der Waals surface area contributed by atoms with Crippen molar-refractivity contribution in [2.75, 3.05) is 36.6 Å². The number of hydrogen-bond acceptors (Lipinski definition) is 8. The molecule has 2 aliphatic rings. The van der Waals surface area contributed by atoms with Gasteiger partial charge in [0, 0.05) is 51.2 Å². The monoisotopic (exact) mass is 596 g/mol. The van der Waals surface area contributed by atoms with E-state index >= 15 is 0 Å². The Morgan fingerprint density at radius 1 is 1.29 bits per heavy atom. The third-order valence-electron chi connectivity index (χ3n) is 7.60. The van der Waals surface area contributed by atoms with Gasteiger partial charge in [0.15, 0.2) is 5.82 Å². The summed E-state index contributed by atoms with van der Waals surface area (Å²) in [5.41, 5.74) is 3.71. The van der Waals surface area contributed by atoms with Crippen LogP contribution in [0.1, 0.15) is 37.3 Å². The lowest BCUT2D eigenvalue weighted by Gasteiger charge is -2.36. The molecule has 0 aromatic carbocycles. The lowest BCUT2D eigenvalue weighted by Crippen LogP contribution is -2.44. The van der Waals surface area contributed by atoms with Crippen LogP contribution in [-0.4, -0.2) is 74.6 Å². The van der Waals surface area contributed by atoms with Crippen molar-refractivity contribution in [3.63, 3.8) is 0 Å². The van der Waals surface area contributed by atoms with Crippen LogP contribution in [0.3, 0.4) is 0 Å². The maximum Gasteiger partial charge on any atom is 0.153 e. The van der Waals surface area contributed by atoms with Gasteiger partial charge in [0.1, 0.15) is 26.4 Å². The van der Waals surface area contributed by atoms with Crippen molar-refractivity contribution in [2.24, 2.45) is 5.92 Å². The van der Waals surface area contributed by atoms with E-state index in [0.717, 1.165) is 30.5 Å². The van der Waals surface area contributed by atoms with E-state index < -0.39 is 21.7 Å². The number of pyridine rings is 1. The molecule has 0 bridgehead atoms. The standard InChI is InChI=1S/C30H48N6O3Si2/c1-23-21-38-14-13-36(23)28-18-26(30(37)11-8-24(19-30)10-16-40(2,3)4)25(20-31)29(33-28)32-27-9-12-35(34-27)22-39-15-17-41(5,6)7/h9,12,18,20,23-24,31,37H,8,11,13-15,17,19,21-22H2,1-7H3,(H,32,33,34)/t23-,24?,30?/m1/s1. The second-order valence-electron chi connectivity index (χ2n) is 13.8. The molecule has 3 atom stereocenters. The number of rotatable bonds is 10. The lowest BCUT2D eigenvalue weighted by molar-refractivity contribution is 0.0420. The number of nitrogens with one attached hydrogen (secondary N) is 2. The molecule has 1 saturated heterocycles. The zero-order valence-corrected chi connectivity index (χ0v) is 27.9. The molecule has 11 heteroatoms. The van der Waals surface area contributed by atoms with Crippen LogP contribution < -0.4 is 10.2 Å². The minimum absolute atomic E-state index is 0.136. The van der Waals surface area contributed by atoms with Gasteiger partial charge in [-0.2, -0.15) is 5.10 Å². The number of anilines is 3. The van der Waals surface area contributed by atoms with Gasteiger partial charge in [-0.3, -0.25) is 0 Å². The summed E-state index contributed by atoms with van der Waals surface area (Å²) in [6.45, 7) is 18.9. The number of aliphatic hydroxyl groups is 1. The van der Waals surface area contributed by atoms with E-state index in [4.69, 9.17) is 19.9 Å². The average Bonchev–Trinajstić information content (AvgIpc) is 3.51. The topological polar surface area (TPSA) is 109 Å². The summed E-state index contributed by atoms with van der Waals surface area (Å²) in [5.74, 6) is 5.50. The molecule has 0 spiro atoms. The third kappa shape index (κ3) is 8.52. The van der Waals surface area contributed by atoms with Crippen molar-refractivity contribution in [2.45, 2.75) is 89.9 Å². The molecule has 2 aromatic rings. The second kappa shape index (κ2) is 12.8. The highest BCUT2D eigenvalue weighted by Gasteiger charge is 2.41. The number of aromatic nitrogens is 3. The Bertz CT molecular complexity index is 1280. The zero-order chi connectivity index (χ0) is 29.8. The summed E-state index contributed by atoms with van der Waals surface area (Å²) in [6, 6.07) is 5.11. The fourth-order valence-electron chi connectivity index (χ4n) is 5.25. The molecule has 2 unspecified atom stereocenters. The number of morpholine rings is 1. The van der Waals surface area contributed by atoms with Gasteiger partial charge in [0.2, 0.25) is 0 Å². The van der Waals surface area contributed by atoms with Crippen LogP contribution in [0.15, 0.2) is 18.3 Å². The van der Waals surface area contributed by atoms with Crippen molar-refractivity contribution in [3.05, 3.63) is 29.5 Å². The van der Waals surface area contributed by atoms with Crippen LogP contribution in [-0.2, 0) is 21.8 Å². The van der Waals surface area contributed by atoms with Crippen LogP contribution in [0.4, 0.5) is 17.5 Å². The van der Waals surface area contributed by atoms with Crippen molar-refractivity contribution in [3.8, 4) is 11.5 Å². The van der Waals surface area contributed by atoms with Crippen LogP contribution >= 0.6 is 0 Å². The summed E-state index contributed by atoms with van der Waals surface area (Å²) < 4.78 is 13.3. The Balaban J connectivity index is 1.63. The van der Waals surface area contributed by atoms with E-state index in [1.165, 1.54) is 6.21 Å². The third-order valence-corrected chi connectivity index (χ3v) is 10.2. The molecule has 9 nitrogen and oxygen atoms in total. The SMILES string of the molecule is C[C@@H]1COCCN1c1cc(C2(O)CCC(C#C[Si](C)(C)C)C2)c(C=N)c(Nc2ccn(COCC[Si](C)(C)C)n2)n1. The smallest absolute Gasteiger partial charge is 0.153 e. The fourth-order valence-corrected chi connectivity index (χ4v) is 6.65. The van der Waals surface area contributed by atoms with Gasteiger partial charge in [0.05, 0.1) is 24.9 Å². The molecular weight excluding hydrogens is 549 g/mol. The van der Waals surface area contributed by atoms with Crippen molar-refractivity contribution in [1.29, 1.82) is 5.41 Å². The number of hydrogen-bond donors (Lipinski definition) is 3.